The van der Waals surface area contributed by atoms with Crippen molar-refractivity contribution in [3.8, 4) is 0 Å². The SMILES string of the molecule is CC/C=C\C/C=C\C/C=C\C/C=C\C=C\C(O)CCCC(=O)O[C@H](CO/C=C/CCCCCC/C=C\CCCCCCCC)COP(=O)([O-])OCC[N+](C)(C)C. The summed E-state index contributed by atoms with van der Waals surface area (Å²) in [6.45, 7) is 4.35. The van der Waals surface area contributed by atoms with Crippen molar-refractivity contribution in [1.82, 2.24) is 0 Å². The summed E-state index contributed by atoms with van der Waals surface area (Å²) in [5.41, 5.74) is 0. The summed E-state index contributed by atoms with van der Waals surface area (Å²) in [5, 5.41) is 10.3. The second-order valence-corrected chi connectivity index (χ2v) is 16.6. The number of hydrogen-bond donors (Lipinski definition) is 1. The summed E-state index contributed by atoms with van der Waals surface area (Å²) < 4.78 is 34.1. The maximum absolute atomic E-state index is 12.7. The molecule has 56 heavy (non-hydrogen) atoms. The van der Waals surface area contributed by atoms with Crippen molar-refractivity contribution >= 4 is 13.8 Å². The second kappa shape index (κ2) is 38.0. The molecule has 3 atom stereocenters. The maximum atomic E-state index is 12.7. The van der Waals surface area contributed by atoms with Crippen LogP contribution < -0.4 is 4.89 Å². The lowest BCUT2D eigenvalue weighted by Crippen LogP contribution is -2.37. The highest BCUT2D eigenvalue weighted by atomic mass is 31.2. The third kappa shape index (κ3) is 41.1. The van der Waals surface area contributed by atoms with Gasteiger partial charge in [-0.05, 0) is 83.1 Å². The topological polar surface area (TPSA) is 114 Å². The van der Waals surface area contributed by atoms with Gasteiger partial charge in [-0.2, -0.15) is 0 Å². The first kappa shape index (κ1) is 53.5. The van der Waals surface area contributed by atoms with Crippen molar-refractivity contribution in [3.05, 3.63) is 85.3 Å². The summed E-state index contributed by atoms with van der Waals surface area (Å²) in [7, 11) is 1.18. The van der Waals surface area contributed by atoms with Gasteiger partial charge in [-0.1, -0.05) is 132 Å². The van der Waals surface area contributed by atoms with Gasteiger partial charge in [0.25, 0.3) is 7.82 Å². The smallest absolute Gasteiger partial charge is 0.306 e. The Morgan fingerprint density at radius 1 is 0.696 bits per heavy atom. The maximum Gasteiger partial charge on any atom is 0.306 e. The molecule has 0 aliphatic heterocycles. The second-order valence-electron chi connectivity index (χ2n) is 15.2. The van der Waals surface area contributed by atoms with E-state index in [1.54, 1.807) is 18.4 Å². The van der Waals surface area contributed by atoms with Gasteiger partial charge in [0.15, 0.2) is 6.10 Å². The Hall–Kier alpha value is -2.52. The van der Waals surface area contributed by atoms with Crippen LogP contribution in [0.3, 0.4) is 0 Å². The number of likely N-dealkylation sites (N-methyl/N-ethyl adjacent to an activating group) is 1. The molecule has 0 bridgehead atoms. The normalized spacial score (nSPS) is 15.1. The molecule has 9 nitrogen and oxygen atoms in total. The van der Waals surface area contributed by atoms with Crippen LogP contribution in [0.4, 0.5) is 0 Å². The largest absolute Gasteiger partial charge is 0.756 e. The number of aliphatic hydroxyl groups is 1. The van der Waals surface area contributed by atoms with E-state index in [9.17, 15) is 19.4 Å². The first-order valence-corrected chi connectivity index (χ1v) is 22.9. The monoisotopic (exact) mass is 806 g/mol. The molecule has 0 rings (SSSR count). The molecular formula is C46H80NO8P. The summed E-state index contributed by atoms with van der Waals surface area (Å²) in [6, 6.07) is 0. The highest BCUT2D eigenvalue weighted by molar-refractivity contribution is 7.45. The molecule has 322 valence electrons. The van der Waals surface area contributed by atoms with E-state index in [0.717, 1.165) is 51.4 Å². The van der Waals surface area contributed by atoms with Gasteiger partial charge in [0.2, 0.25) is 0 Å². The van der Waals surface area contributed by atoms with E-state index in [2.05, 4.69) is 62.5 Å². The molecule has 10 heteroatoms. The summed E-state index contributed by atoms with van der Waals surface area (Å²) in [5.74, 6) is -0.523. The number of quaternary nitrogens is 1. The third-order valence-corrected chi connectivity index (χ3v) is 9.56. The number of rotatable bonds is 38. The minimum absolute atomic E-state index is 0.0248. The standard InChI is InChI=1S/C46H80NO8P/c1-6-8-10-12-14-16-18-20-21-22-24-26-28-30-32-34-40-52-42-45(43-54-56(50,51)53-41-39-47(3,4)5)55-46(49)38-35-37-44(48)36-33-31-29-27-25-23-19-17-15-13-11-9-7-2/h9,11,15,17,20-21,23,25,29,31,33-34,36,40,44-45,48H,6-8,10,12-14,16,18-19,22,24,26-28,30,32,35,37-39,41-43H2,1-5H3/b11-9-,17-15-,21-20-,25-23-,31-29-,36-33+,40-34+/t44?,45-/m1/s1. The minimum atomic E-state index is -4.60. The van der Waals surface area contributed by atoms with Crippen molar-refractivity contribution in [2.45, 2.75) is 154 Å². The Morgan fingerprint density at radius 3 is 1.88 bits per heavy atom. The van der Waals surface area contributed by atoms with Crippen molar-refractivity contribution in [3.63, 3.8) is 0 Å². The number of unbranched alkanes of at least 4 members (excludes halogenated alkanes) is 11. The number of ether oxygens (including phenoxy) is 2. The van der Waals surface area contributed by atoms with E-state index < -0.39 is 32.6 Å². The lowest BCUT2D eigenvalue weighted by Gasteiger charge is -2.28. The predicted octanol–water partition coefficient (Wildman–Crippen LogP) is 11.2. The highest BCUT2D eigenvalue weighted by Crippen LogP contribution is 2.38. The molecule has 0 amide bonds. The summed E-state index contributed by atoms with van der Waals surface area (Å²) >= 11 is 0. The summed E-state index contributed by atoms with van der Waals surface area (Å²) in [6.07, 6.45) is 47.2. The Kier molecular flexibility index (Phi) is 36.3. The van der Waals surface area contributed by atoms with Crippen LogP contribution in [0.5, 0.6) is 0 Å². The van der Waals surface area contributed by atoms with Gasteiger partial charge in [0, 0.05) is 6.42 Å². The molecular weight excluding hydrogens is 725 g/mol. The van der Waals surface area contributed by atoms with E-state index in [1.165, 1.54) is 57.8 Å². The zero-order valence-electron chi connectivity index (χ0n) is 35.9. The van der Waals surface area contributed by atoms with Gasteiger partial charge in [0.05, 0.1) is 40.1 Å². The fourth-order valence-electron chi connectivity index (χ4n) is 5.24. The van der Waals surface area contributed by atoms with Crippen molar-refractivity contribution < 1.29 is 42.4 Å². The summed E-state index contributed by atoms with van der Waals surface area (Å²) in [4.78, 5) is 25.0. The van der Waals surface area contributed by atoms with Crippen molar-refractivity contribution in [1.29, 1.82) is 0 Å². The lowest BCUT2D eigenvalue weighted by molar-refractivity contribution is -0.870. The van der Waals surface area contributed by atoms with Crippen molar-refractivity contribution in [2.24, 2.45) is 0 Å². The molecule has 1 N–H and O–H groups in total. The van der Waals surface area contributed by atoms with Crippen LogP contribution in [0.1, 0.15) is 142 Å². The zero-order valence-corrected chi connectivity index (χ0v) is 36.8. The number of phosphoric ester groups is 1. The van der Waals surface area contributed by atoms with E-state index in [-0.39, 0.29) is 19.6 Å². The van der Waals surface area contributed by atoms with Crippen LogP contribution in [0.2, 0.25) is 0 Å². The number of phosphoric acid groups is 1. The van der Waals surface area contributed by atoms with Crippen LogP contribution in [0.15, 0.2) is 85.3 Å². The number of carbonyl (C=O) groups excluding carboxylic acids is 1. The number of hydrogen-bond acceptors (Lipinski definition) is 8. The minimum Gasteiger partial charge on any atom is -0.756 e. The van der Waals surface area contributed by atoms with E-state index in [4.69, 9.17) is 18.5 Å². The Bertz CT molecular complexity index is 1180. The lowest BCUT2D eigenvalue weighted by atomic mass is 10.1. The first-order valence-electron chi connectivity index (χ1n) is 21.5. The fraction of sp³-hybridized carbons (Fsp3) is 0.674. The molecule has 0 spiro atoms. The Morgan fingerprint density at radius 2 is 1.27 bits per heavy atom. The molecule has 0 aromatic carbocycles. The quantitative estimate of drug-likeness (QED) is 0.0125. The fourth-order valence-corrected chi connectivity index (χ4v) is 5.97. The molecule has 2 unspecified atom stereocenters. The van der Waals surface area contributed by atoms with Gasteiger partial charge in [-0.15, -0.1) is 0 Å². The van der Waals surface area contributed by atoms with Crippen LogP contribution in [0.25, 0.3) is 0 Å². The van der Waals surface area contributed by atoms with E-state index in [0.29, 0.717) is 23.9 Å². The molecule has 0 fully saturated rings. The molecule has 0 heterocycles. The highest BCUT2D eigenvalue weighted by Gasteiger charge is 2.20. The molecule has 0 aromatic rings. The molecule has 0 aliphatic carbocycles. The van der Waals surface area contributed by atoms with Gasteiger partial charge >= 0.3 is 5.97 Å². The molecule has 0 aromatic heterocycles. The molecule has 0 saturated carbocycles. The predicted molar refractivity (Wildman–Crippen MR) is 232 cm³/mol. The Balaban J connectivity index is 4.55. The number of esters is 1. The third-order valence-electron chi connectivity index (χ3n) is 8.60. The number of aliphatic hydroxyl groups excluding tert-OH is 1. The van der Waals surface area contributed by atoms with Crippen LogP contribution >= 0.6 is 7.82 Å². The van der Waals surface area contributed by atoms with Crippen molar-refractivity contribution in [2.75, 3.05) is 47.5 Å². The number of carbonyl (C=O) groups is 1. The Labute approximate surface area is 342 Å². The molecule has 0 saturated heterocycles. The average Bonchev–Trinajstić information content (AvgIpc) is 3.14. The molecule has 0 radical (unpaired) electrons. The molecule has 0 aliphatic rings. The zero-order chi connectivity index (χ0) is 41.4. The first-order chi connectivity index (χ1) is 27.0. The van der Waals surface area contributed by atoms with Crippen LogP contribution in [-0.4, -0.2) is 75.3 Å². The van der Waals surface area contributed by atoms with Gasteiger partial charge < -0.3 is 33.0 Å². The van der Waals surface area contributed by atoms with Gasteiger partial charge in [0.1, 0.15) is 19.8 Å². The number of nitrogens with zero attached hydrogens (tertiary/aromatic N) is 1. The number of allylic oxidation sites excluding steroid dienone is 12. The van der Waals surface area contributed by atoms with E-state index >= 15 is 0 Å². The van der Waals surface area contributed by atoms with Gasteiger partial charge in [-0.25, -0.2) is 0 Å². The van der Waals surface area contributed by atoms with E-state index in [1.807, 2.05) is 39.4 Å². The average molecular weight is 806 g/mol. The van der Waals surface area contributed by atoms with Crippen LogP contribution in [-0.2, 0) is 27.9 Å². The van der Waals surface area contributed by atoms with Gasteiger partial charge in [-0.3, -0.25) is 9.36 Å². The van der Waals surface area contributed by atoms with Crippen LogP contribution in [0, 0.1) is 0 Å².